The van der Waals surface area contributed by atoms with Crippen molar-refractivity contribution < 1.29 is 9.59 Å². The van der Waals surface area contributed by atoms with Crippen molar-refractivity contribution in [1.29, 1.82) is 0 Å². The van der Waals surface area contributed by atoms with Crippen LogP contribution in [0.4, 0.5) is 5.69 Å². The molecule has 2 aromatic rings. The topological polar surface area (TPSA) is 49.4 Å². The molecule has 0 aromatic heterocycles. The number of anilines is 1. The molecule has 0 saturated carbocycles. The highest BCUT2D eigenvalue weighted by atomic mass is 35.5. The summed E-state index contributed by atoms with van der Waals surface area (Å²) in [7, 11) is 0. The van der Waals surface area contributed by atoms with E-state index in [1.54, 1.807) is 42.5 Å². The maximum atomic E-state index is 12.8. The second-order valence-corrected chi connectivity index (χ2v) is 6.75. The second kappa shape index (κ2) is 7.14. The fourth-order valence-corrected chi connectivity index (χ4v) is 2.96. The van der Waals surface area contributed by atoms with Crippen molar-refractivity contribution in [1.82, 2.24) is 5.32 Å². The molecule has 0 spiro atoms. The minimum absolute atomic E-state index is 0.00334. The Hall–Kier alpha value is -1.92. The average Bonchev–Trinajstić information content (AvgIpc) is 2.56. The van der Waals surface area contributed by atoms with Crippen LogP contribution in [0.15, 0.2) is 48.0 Å². The first kappa shape index (κ1) is 17.9. The van der Waals surface area contributed by atoms with Gasteiger partial charge in [0.2, 0.25) is 0 Å². The van der Waals surface area contributed by atoms with Gasteiger partial charge in [0.1, 0.15) is 5.57 Å². The smallest absolute Gasteiger partial charge is 0.270 e. The van der Waals surface area contributed by atoms with E-state index in [0.717, 1.165) is 0 Å². The number of carbonyl (C=O) groups is 2. The van der Waals surface area contributed by atoms with Crippen LogP contribution in [-0.2, 0) is 9.59 Å². The number of rotatable bonds is 2. The maximum Gasteiger partial charge on any atom is 0.270 e. The van der Waals surface area contributed by atoms with E-state index in [-0.39, 0.29) is 10.7 Å². The summed E-state index contributed by atoms with van der Waals surface area (Å²) in [6, 6.07) is 11.3. The molecule has 0 bridgehead atoms. The third kappa shape index (κ3) is 3.70. The van der Waals surface area contributed by atoms with Crippen LogP contribution in [0.25, 0.3) is 6.08 Å². The molecule has 1 aliphatic heterocycles. The third-order valence-electron chi connectivity index (χ3n) is 3.44. The first-order chi connectivity index (χ1) is 11.9. The molecule has 8 heteroatoms. The molecule has 0 aliphatic carbocycles. The SMILES string of the molecule is O=C1NC(=S)N(c2ccc(Cl)cc2)C(=O)/C1=C/c1ccc(Cl)c(Cl)c1. The van der Waals surface area contributed by atoms with Gasteiger partial charge in [-0.3, -0.25) is 19.8 Å². The summed E-state index contributed by atoms with van der Waals surface area (Å²) in [6.07, 6.45) is 1.44. The first-order valence-corrected chi connectivity index (χ1v) is 8.53. The minimum Gasteiger partial charge on any atom is -0.298 e. The molecule has 1 N–H and O–H groups in total. The molecule has 0 unspecified atom stereocenters. The number of nitrogens with one attached hydrogen (secondary N) is 1. The van der Waals surface area contributed by atoms with Crippen LogP contribution in [0, 0.1) is 0 Å². The number of hydrogen-bond acceptors (Lipinski definition) is 3. The Kier molecular flexibility index (Phi) is 5.11. The van der Waals surface area contributed by atoms with Crippen LogP contribution in [-0.4, -0.2) is 16.9 Å². The number of benzene rings is 2. The maximum absolute atomic E-state index is 12.8. The summed E-state index contributed by atoms with van der Waals surface area (Å²) < 4.78 is 0. The molecule has 4 nitrogen and oxygen atoms in total. The van der Waals surface area contributed by atoms with Crippen molar-refractivity contribution in [2.24, 2.45) is 0 Å². The van der Waals surface area contributed by atoms with Crippen LogP contribution in [0.3, 0.4) is 0 Å². The van der Waals surface area contributed by atoms with Gasteiger partial charge in [-0.05, 0) is 60.3 Å². The van der Waals surface area contributed by atoms with Crippen LogP contribution in [0.1, 0.15) is 5.56 Å². The molecule has 1 saturated heterocycles. The molecule has 0 atom stereocenters. The molecule has 0 radical (unpaired) electrons. The molecule has 1 heterocycles. The molecular weight excluding hydrogens is 403 g/mol. The van der Waals surface area contributed by atoms with Gasteiger partial charge < -0.3 is 0 Å². The zero-order valence-corrected chi connectivity index (χ0v) is 15.5. The van der Waals surface area contributed by atoms with Gasteiger partial charge in [-0.25, -0.2) is 0 Å². The normalized spacial score (nSPS) is 16.4. The number of carbonyl (C=O) groups excluding carboxylic acids is 2. The second-order valence-electron chi connectivity index (χ2n) is 5.11. The molecule has 1 aliphatic rings. The van der Waals surface area contributed by atoms with Gasteiger partial charge >= 0.3 is 0 Å². The number of halogens is 3. The lowest BCUT2D eigenvalue weighted by Gasteiger charge is -2.28. The molecule has 2 aromatic carbocycles. The van der Waals surface area contributed by atoms with Crippen LogP contribution >= 0.6 is 47.0 Å². The van der Waals surface area contributed by atoms with Gasteiger partial charge in [-0.15, -0.1) is 0 Å². The largest absolute Gasteiger partial charge is 0.298 e. The van der Waals surface area contributed by atoms with E-state index < -0.39 is 11.8 Å². The van der Waals surface area contributed by atoms with E-state index in [2.05, 4.69) is 5.32 Å². The zero-order valence-electron chi connectivity index (χ0n) is 12.4. The lowest BCUT2D eigenvalue weighted by molar-refractivity contribution is -0.122. The van der Waals surface area contributed by atoms with Gasteiger partial charge in [0.05, 0.1) is 15.7 Å². The Morgan fingerprint density at radius 1 is 0.960 bits per heavy atom. The average molecular weight is 412 g/mol. The Morgan fingerprint density at radius 2 is 1.64 bits per heavy atom. The van der Waals surface area contributed by atoms with Gasteiger partial charge in [-0.2, -0.15) is 0 Å². The first-order valence-electron chi connectivity index (χ1n) is 6.99. The van der Waals surface area contributed by atoms with Crippen molar-refractivity contribution in [3.05, 3.63) is 68.7 Å². The van der Waals surface area contributed by atoms with E-state index >= 15 is 0 Å². The molecule has 25 heavy (non-hydrogen) atoms. The highest BCUT2D eigenvalue weighted by Gasteiger charge is 2.34. The predicted octanol–water partition coefficient (Wildman–Crippen LogP) is 4.48. The molecule has 126 valence electrons. The van der Waals surface area contributed by atoms with E-state index in [4.69, 9.17) is 47.0 Å². The summed E-state index contributed by atoms with van der Waals surface area (Å²) in [6.45, 7) is 0. The molecular formula is C17H9Cl3N2O2S. The van der Waals surface area contributed by atoms with Gasteiger partial charge in [0, 0.05) is 5.02 Å². The lowest BCUT2D eigenvalue weighted by atomic mass is 10.1. The summed E-state index contributed by atoms with van der Waals surface area (Å²) in [5.41, 5.74) is 0.998. The van der Waals surface area contributed by atoms with Crippen molar-refractivity contribution in [3.63, 3.8) is 0 Å². The molecule has 2 amide bonds. The lowest BCUT2D eigenvalue weighted by Crippen LogP contribution is -2.54. The highest BCUT2D eigenvalue weighted by molar-refractivity contribution is 7.80. The van der Waals surface area contributed by atoms with E-state index in [1.165, 1.54) is 11.0 Å². The van der Waals surface area contributed by atoms with E-state index in [0.29, 0.717) is 26.3 Å². The predicted molar refractivity (Wildman–Crippen MR) is 104 cm³/mol. The Balaban J connectivity index is 2.01. The van der Waals surface area contributed by atoms with Gasteiger partial charge in [0.15, 0.2) is 5.11 Å². The number of hydrogen-bond donors (Lipinski definition) is 1. The van der Waals surface area contributed by atoms with Gasteiger partial charge in [0.25, 0.3) is 11.8 Å². The standard InChI is InChI=1S/C17H9Cl3N2O2S/c18-10-2-4-11(5-3-10)22-16(24)12(15(23)21-17(22)25)7-9-1-6-13(19)14(20)8-9/h1-8H,(H,21,23,25)/b12-7+. The summed E-state index contributed by atoms with van der Waals surface area (Å²) >= 11 is 22.9. The fourth-order valence-electron chi connectivity index (χ4n) is 2.25. The number of amides is 2. The van der Waals surface area contributed by atoms with E-state index in [1.807, 2.05) is 0 Å². The fraction of sp³-hybridized carbons (Fsp3) is 0. The van der Waals surface area contributed by atoms with Gasteiger partial charge in [-0.1, -0.05) is 40.9 Å². The Morgan fingerprint density at radius 3 is 2.28 bits per heavy atom. The zero-order chi connectivity index (χ0) is 18.1. The number of thiocarbonyl (C=S) groups is 1. The molecule has 1 fully saturated rings. The van der Waals surface area contributed by atoms with Crippen molar-refractivity contribution in [3.8, 4) is 0 Å². The van der Waals surface area contributed by atoms with Crippen molar-refractivity contribution in [2.75, 3.05) is 4.90 Å². The summed E-state index contributed by atoms with van der Waals surface area (Å²) in [5.74, 6) is -1.12. The van der Waals surface area contributed by atoms with Crippen LogP contribution in [0.2, 0.25) is 15.1 Å². The Labute approximate surface area is 164 Å². The van der Waals surface area contributed by atoms with E-state index in [9.17, 15) is 9.59 Å². The van der Waals surface area contributed by atoms with Crippen LogP contribution < -0.4 is 10.2 Å². The summed E-state index contributed by atoms with van der Waals surface area (Å²) in [5, 5.41) is 3.74. The minimum atomic E-state index is -0.578. The van der Waals surface area contributed by atoms with Crippen LogP contribution in [0.5, 0.6) is 0 Å². The van der Waals surface area contributed by atoms with Crippen molar-refractivity contribution in [2.45, 2.75) is 0 Å². The van der Waals surface area contributed by atoms with Crippen molar-refractivity contribution >= 4 is 75.7 Å². The Bertz CT molecular complexity index is 926. The molecule has 3 rings (SSSR count). The third-order valence-corrected chi connectivity index (χ3v) is 4.72. The highest BCUT2D eigenvalue weighted by Crippen LogP contribution is 2.26. The summed E-state index contributed by atoms with van der Waals surface area (Å²) in [4.78, 5) is 26.2. The quantitative estimate of drug-likeness (QED) is 0.450. The number of nitrogens with zero attached hydrogens (tertiary/aromatic N) is 1. The monoisotopic (exact) mass is 410 g/mol.